The topological polar surface area (TPSA) is 60.0 Å². The molecule has 1 aromatic heterocycles. The zero-order chi connectivity index (χ0) is 20.4. The minimum Gasteiger partial charge on any atom is -0.371 e. The van der Waals surface area contributed by atoms with Crippen LogP contribution in [-0.4, -0.2) is 84.0 Å². The van der Waals surface area contributed by atoms with Crippen molar-refractivity contribution in [3.8, 4) is 0 Å². The molecule has 1 aromatic rings. The summed E-state index contributed by atoms with van der Waals surface area (Å²) >= 11 is 0. The monoisotopic (exact) mass is 399 g/mol. The highest BCUT2D eigenvalue weighted by atomic mass is 16.2. The molecule has 0 atom stereocenters. The molecule has 3 saturated heterocycles. The van der Waals surface area contributed by atoms with Crippen LogP contribution >= 0.6 is 0 Å². The number of urea groups is 1. The Hall–Kier alpha value is -2.31. The number of piperidine rings is 1. The number of rotatable bonds is 2. The molecule has 158 valence electrons. The van der Waals surface area contributed by atoms with Crippen molar-refractivity contribution in [1.82, 2.24) is 19.7 Å². The standard InChI is InChI=1S/C22H33N5O2/c1-18(2)20(28)24-13-15-26(16-14-24)21(29)25-10-5-22(6-11-25)7-12-27(17-22)19-3-8-23-9-4-19/h3-4,8-9,18H,5-7,10-17H2,1-2H3. The van der Waals surface area contributed by atoms with E-state index < -0.39 is 0 Å². The Morgan fingerprint density at radius 1 is 0.862 bits per heavy atom. The van der Waals surface area contributed by atoms with E-state index in [2.05, 4.69) is 22.0 Å². The van der Waals surface area contributed by atoms with Gasteiger partial charge in [-0.1, -0.05) is 13.8 Å². The van der Waals surface area contributed by atoms with Crippen LogP contribution in [0.25, 0.3) is 0 Å². The number of piperazine rings is 1. The van der Waals surface area contributed by atoms with Gasteiger partial charge in [-0.3, -0.25) is 9.78 Å². The van der Waals surface area contributed by atoms with E-state index in [1.165, 1.54) is 12.1 Å². The molecule has 0 radical (unpaired) electrons. The quantitative estimate of drug-likeness (QED) is 0.766. The van der Waals surface area contributed by atoms with Gasteiger partial charge in [0.15, 0.2) is 0 Å². The zero-order valence-electron chi connectivity index (χ0n) is 17.7. The molecule has 4 heterocycles. The van der Waals surface area contributed by atoms with Crippen LogP contribution in [-0.2, 0) is 4.79 Å². The first-order chi connectivity index (χ1) is 14.0. The van der Waals surface area contributed by atoms with E-state index in [0.717, 1.165) is 39.0 Å². The van der Waals surface area contributed by atoms with Crippen molar-refractivity contribution in [1.29, 1.82) is 0 Å². The zero-order valence-corrected chi connectivity index (χ0v) is 17.7. The summed E-state index contributed by atoms with van der Waals surface area (Å²) < 4.78 is 0. The fourth-order valence-corrected chi connectivity index (χ4v) is 4.97. The molecule has 3 fully saturated rings. The molecule has 0 unspecified atom stereocenters. The molecule has 1 spiro atoms. The van der Waals surface area contributed by atoms with E-state index >= 15 is 0 Å². The third-order valence-corrected chi connectivity index (χ3v) is 6.92. The van der Waals surface area contributed by atoms with Crippen molar-refractivity contribution in [2.75, 3.05) is 57.3 Å². The highest BCUT2D eigenvalue weighted by Gasteiger charge is 2.42. The molecule has 3 aliphatic heterocycles. The summed E-state index contributed by atoms with van der Waals surface area (Å²) in [6.45, 7) is 10.3. The maximum Gasteiger partial charge on any atom is 0.320 e. The summed E-state index contributed by atoms with van der Waals surface area (Å²) in [7, 11) is 0. The molecule has 0 N–H and O–H groups in total. The second-order valence-corrected chi connectivity index (χ2v) is 9.11. The van der Waals surface area contributed by atoms with Gasteiger partial charge in [0.1, 0.15) is 0 Å². The fraction of sp³-hybridized carbons (Fsp3) is 0.682. The lowest BCUT2D eigenvalue weighted by molar-refractivity contribution is -0.135. The molecule has 3 aliphatic rings. The summed E-state index contributed by atoms with van der Waals surface area (Å²) in [4.78, 5) is 37.6. The summed E-state index contributed by atoms with van der Waals surface area (Å²) in [5.41, 5.74) is 1.59. The van der Waals surface area contributed by atoms with E-state index in [1.54, 1.807) is 0 Å². The molecule has 0 aliphatic carbocycles. The van der Waals surface area contributed by atoms with Gasteiger partial charge in [0, 0.05) is 76.4 Å². The van der Waals surface area contributed by atoms with Gasteiger partial charge in [0.2, 0.25) is 5.91 Å². The first-order valence-corrected chi connectivity index (χ1v) is 11.0. The lowest BCUT2D eigenvalue weighted by Gasteiger charge is -2.43. The second-order valence-electron chi connectivity index (χ2n) is 9.11. The average Bonchev–Trinajstić information content (AvgIpc) is 3.17. The number of aromatic nitrogens is 1. The van der Waals surface area contributed by atoms with Crippen LogP contribution in [0.5, 0.6) is 0 Å². The highest BCUT2D eigenvalue weighted by Crippen LogP contribution is 2.42. The maximum absolute atomic E-state index is 13.0. The second kappa shape index (κ2) is 8.20. The Morgan fingerprint density at radius 2 is 1.41 bits per heavy atom. The molecule has 0 bridgehead atoms. The summed E-state index contributed by atoms with van der Waals surface area (Å²) in [6.07, 6.45) is 7.07. The Bertz CT molecular complexity index is 722. The maximum atomic E-state index is 13.0. The van der Waals surface area contributed by atoms with Crippen LogP contribution in [0.15, 0.2) is 24.5 Å². The third-order valence-electron chi connectivity index (χ3n) is 6.92. The number of pyridine rings is 1. The van der Waals surface area contributed by atoms with Crippen molar-refractivity contribution in [2.24, 2.45) is 11.3 Å². The molecule has 7 heteroatoms. The molecular weight excluding hydrogens is 366 g/mol. The Morgan fingerprint density at radius 3 is 2.03 bits per heavy atom. The van der Waals surface area contributed by atoms with E-state index in [1.807, 2.05) is 40.9 Å². The summed E-state index contributed by atoms with van der Waals surface area (Å²) in [5, 5.41) is 0. The van der Waals surface area contributed by atoms with Gasteiger partial charge in [0.05, 0.1) is 0 Å². The van der Waals surface area contributed by atoms with Crippen LogP contribution in [0, 0.1) is 11.3 Å². The lowest BCUT2D eigenvalue weighted by Crippen LogP contribution is -2.56. The highest BCUT2D eigenvalue weighted by molar-refractivity contribution is 5.79. The first-order valence-electron chi connectivity index (χ1n) is 11.0. The number of amides is 3. The molecule has 7 nitrogen and oxygen atoms in total. The molecule has 29 heavy (non-hydrogen) atoms. The number of likely N-dealkylation sites (tertiary alicyclic amines) is 1. The Kier molecular flexibility index (Phi) is 5.65. The van der Waals surface area contributed by atoms with Gasteiger partial charge < -0.3 is 19.6 Å². The number of hydrogen-bond acceptors (Lipinski definition) is 4. The van der Waals surface area contributed by atoms with Gasteiger partial charge >= 0.3 is 6.03 Å². The predicted molar refractivity (Wildman–Crippen MR) is 113 cm³/mol. The number of carbonyl (C=O) groups excluding carboxylic acids is 2. The van der Waals surface area contributed by atoms with E-state index in [-0.39, 0.29) is 17.9 Å². The minimum absolute atomic E-state index is 0.0219. The van der Waals surface area contributed by atoms with E-state index in [9.17, 15) is 9.59 Å². The first kappa shape index (κ1) is 20.0. The van der Waals surface area contributed by atoms with Crippen LogP contribution in [0.3, 0.4) is 0 Å². The van der Waals surface area contributed by atoms with Crippen LogP contribution < -0.4 is 4.90 Å². The summed E-state index contributed by atoms with van der Waals surface area (Å²) in [5.74, 6) is 0.214. The van der Waals surface area contributed by atoms with Gasteiger partial charge in [-0.05, 0) is 36.8 Å². The molecule has 0 saturated carbocycles. The SMILES string of the molecule is CC(C)C(=O)N1CCN(C(=O)N2CCC3(CC2)CCN(c2ccncc2)C3)CC1. The number of nitrogens with zero attached hydrogens (tertiary/aromatic N) is 5. The predicted octanol–water partition coefficient (Wildman–Crippen LogP) is 2.29. The lowest BCUT2D eigenvalue weighted by atomic mass is 9.78. The van der Waals surface area contributed by atoms with Gasteiger partial charge in [-0.15, -0.1) is 0 Å². The molecular formula is C22H33N5O2. The van der Waals surface area contributed by atoms with Crippen molar-refractivity contribution < 1.29 is 9.59 Å². The van der Waals surface area contributed by atoms with Gasteiger partial charge in [-0.2, -0.15) is 0 Å². The van der Waals surface area contributed by atoms with Crippen molar-refractivity contribution in [2.45, 2.75) is 33.1 Å². The van der Waals surface area contributed by atoms with Gasteiger partial charge in [0.25, 0.3) is 0 Å². The number of anilines is 1. The number of hydrogen-bond donors (Lipinski definition) is 0. The largest absolute Gasteiger partial charge is 0.371 e. The van der Waals surface area contributed by atoms with Crippen LogP contribution in [0.1, 0.15) is 33.1 Å². The molecule has 3 amide bonds. The van der Waals surface area contributed by atoms with E-state index in [0.29, 0.717) is 31.6 Å². The molecule has 0 aromatic carbocycles. The van der Waals surface area contributed by atoms with Crippen molar-refractivity contribution in [3.63, 3.8) is 0 Å². The van der Waals surface area contributed by atoms with Crippen LogP contribution in [0.2, 0.25) is 0 Å². The Balaban J connectivity index is 1.27. The fourth-order valence-electron chi connectivity index (χ4n) is 4.97. The van der Waals surface area contributed by atoms with Crippen molar-refractivity contribution >= 4 is 17.6 Å². The minimum atomic E-state index is 0.0219. The van der Waals surface area contributed by atoms with Crippen molar-refractivity contribution in [3.05, 3.63) is 24.5 Å². The number of carbonyl (C=O) groups is 2. The summed E-state index contributed by atoms with van der Waals surface area (Å²) in [6, 6.07) is 4.32. The smallest absolute Gasteiger partial charge is 0.320 e. The Labute approximate surface area is 173 Å². The normalized spacial score (nSPS) is 21.9. The van der Waals surface area contributed by atoms with Crippen LogP contribution in [0.4, 0.5) is 10.5 Å². The van der Waals surface area contributed by atoms with E-state index in [4.69, 9.17) is 0 Å². The average molecular weight is 400 g/mol. The molecule has 4 rings (SSSR count). The van der Waals surface area contributed by atoms with Gasteiger partial charge in [-0.25, -0.2) is 4.79 Å². The third kappa shape index (κ3) is 4.19.